The molecule has 2 aromatic heterocycles. The van der Waals surface area contributed by atoms with Gasteiger partial charge in [0.1, 0.15) is 10.0 Å². The summed E-state index contributed by atoms with van der Waals surface area (Å²) in [6.45, 7) is 6.50. The third kappa shape index (κ3) is 9.05. The molecule has 3 N–H and O–H groups in total. The Kier molecular flexibility index (Phi) is 11.5. The maximum absolute atomic E-state index is 13.0. The van der Waals surface area contributed by atoms with E-state index >= 15 is 0 Å². The van der Waals surface area contributed by atoms with Gasteiger partial charge in [0.25, 0.3) is 0 Å². The molecule has 4 aromatic rings. The minimum atomic E-state index is -0.0467. The Hall–Kier alpha value is -3.38. The van der Waals surface area contributed by atoms with Crippen LogP contribution in [0, 0.1) is 0 Å². The van der Waals surface area contributed by atoms with Gasteiger partial charge in [0.2, 0.25) is 16.2 Å². The molecule has 1 amide bonds. The van der Waals surface area contributed by atoms with Gasteiger partial charge in [-0.25, -0.2) is 4.99 Å². The van der Waals surface area contributed by atoms with E-state index in [0.29, 0.717) is 35.2 Å². The van der Waals surface area contributed by atoms with Gasteiger partial charge in [0, 0.05) is 24.0 Å². The molecular formula is C38H48N8OS2. The van der Waals surface area contributed by atoms with Crippen molar-refractivity contribution in [1.29, 1.82) is 0 Å². The molecule has 1 saturated carbocycles. The highest BCUT2D eigenvalue weighted by molar-refractivity contribution is 7.15. The second-order valence-electron chi connectivity index (χ2n) is 13.9. The van der Waals surface area contributed by atoms with E-state index in [9.17, 15) is 4.79 Å². The summed E-state index contributed by atoms with van der Waals surface area (Å²) in [6, 6.07) is 17.6. The first-order chi connectivity index (χ1) is 24.1. The van der Waals surface area contributed by atoms with E-state index in [1.807, 2.05) is 6.07 Å². The van der Waals surface area contributed by atoms with E-state index in [2.05, 4.69) is 85.7 Å². The zero-order valence-corrected chi connectivity index (χ0v) is 30.1. The van der Waals surface area contributed by atoms with E-state index in [4.69, 9.17) is 4.99 Å². The number of hydrogen-bond donors (Lipinski definition) is 3. The maximum atomic E-state index is 13.0. The van der Waals surface area contributed by atoms with Crippen molar-refractivity contribution in [3.05, 3.63) is 80.8 Å². The highest BCUT2D eigenvalue weighted by atomic mass is 32.1. The largest absolute Gasteiger partial charge is 0.317 e. The van der Waals surface area contributed by atoms with Crippen molar-refractivity contribution < 1.29 is 4.79 Å². The lowest BCUT2D eigenvalue weighted by Gasteiger charge is -2.25. The Morgan fingerprint density at radius 3 is 1.98 bits per heavy atom. The van der Waals surface area contributed by atoms with Crippen LogP contribution in [-0.4, -0.2) is 58.2 Å². The smallest absolute Gasteiger partial charge is 0.231 e. The molecule has 49 heavy (non-hydrogen) atoms. The van der Waals surface area contributed by atoms with Crippen molar-refractivity contribution >= 4 is 44.6 Å². The molecule has 2 saturated heterocycles. The van der Waals surface area contributed by atoms with E-state index < -0.39 is 0 Å². The fourth-order valence-electron chi connectivity index (χ4n) is 7.71. The Balaban J connectivity index is 0.937. The van der Waals surface area contributed by atoms with Gasteiger partial charge in [0.05, 0.1) is 6.42 Å². The average Bonchev–Trinajstić information content (AvgIpc) is 3.82. The number of nitrogens with one attached hydrogen (secondary N) is 3. The molecular weight excluding hydrogens is 649 g/mol. The van der Waals surface area contributed by atoms with E-state index in [1.165, 1.54) is 40.9 Å². The van der Waals surface area contributed by atoms with Crippen molar-refractivity contribution in [2.75, 3.05) is 31.5 Å². The van der Waals surface area contributed by atoms with Crippen LogP contribution in [-0.2, 0) is 17.6 Å². The molecule has 3 fully saturated rings. The first-order valence-electron chi connectivity index (χ1n) is 18.2. The van der Waals surface area contributed by atoms with Gasteiger partial charge in [0.15, 0.2) is 0 Å². The number of benzene rings is 2. The topological polar surface area (TPSA) is 117 Å². The molecule has 2 aromatic carbocycles. The quantitative estimate of drug-likeness (QED) is 0.138. The van der Waals surface area contributed by atoms with Crippen molar-refractivity contribution in [2.45, 2.75) is 101 Å². The van der Waals surface area contributed by atoms with Crippen molar-refractivity contribution in [3.8, 4) is 0 Å². The second kappa shape index (κ2) is 16.6. The summed E-state index contributed by atoms with van der Waals surface area (Å²) in [5.41, 5.74) is 6.31. The predicted octanol–water partition coefficient (Wildman–Crippen LogP) is 7.67. The van der Waals surface area contributed by atoms with Crippen LogP contribution in [0.4, 0.5) is 10.3 Å². The monoisotopic (exact) mass is 696 g/mol. The van der Waals surface area contributed by atoms with Crippen LogP contribution >= 0.6 is 22.7 Å². The minimum absolute atomic E-state index is 0.0467. The molecule has 2 aliphatic heterocycles. The van der Waals surface area contributed by atoms with Gasteiger partial charge >= 0.3 is 0 Å². The molecule has 7 rings (SSSR count). The van der Waals surface area contributed by atoms with E-state index in [-0.39, 0.29) is 5.91 Å². The highest BCUT2D eigenvalue weighted by Gasteiger charge is 2.29. The molecule has 1 aliphatic carbocycles. The zero-order chi connectivity index (χ0) is 33.4. The van der Waals surface area contributed by atoms with Crippen LogP contribution in [0.5, 0.6) is 0 Å². The zero-order valence-electron chi connectivity index (χ0n) is 28.5. The van der Waals surface area contributed by atoms with Gasteiger partial charge in [-0.15, -0.1) is 20.4 Å². The molecule has 4 heterocycles. The van der Waals surface area contributed by atoms with E-state index in [0.717, 1.165) is 104 Å². The van der Waals surface area contributed by atoms with Crippen LogP contribution in [0.15, 0.2) is 53.5 Å². The summed E-state index contributed by atoms with van der Waals surface area (Å²) >= 11 is 3.14. The molecule has 2 unspecified atom stereocenters. The van der Waals surface area contributed by atoms with E-state index in [1.54, 1.807) is 11.3 Å². The van der Waals surface area contributed by atoms with Gasteiger partial charge in [-0.2, -0.15) is 0 Å². The SMILES string of the molecule is CCC(Cc1cccc(C2CCNCC2)c1)=Nc1nnc(C2CCCC(c3nnc(NC(=O)Cc4cccc(C5CCNCC5)c4)s3)C2)s1. The first kappa shape index (κ1) is 34.1. The van der Waals surface area contributed by atoms with Crippen molar-refractivity contribution in [2.24, 2.45) is 4.99 Å². The Bertz CT molecular complexity index is 1720. The molecule has 2 atom stereocenters. The van der Waals surface area contributed by atoms with Gasteiger partial charge in [-0.3, -0.25) is 4.79 Å². The molecule has 0 spiro atoms. The van der Waals surface area contributed by atoms with Crippen molar-refractivity contribution in [3.63, 3.8) is 0 Å². The number of carbonyl (C=O) groups excluding carboxylic acids is 1. The third-order valence-corrected chi connectivity index (χ3v) is 12.4. The van der Waals surface area contributed by atoms with Crippen LogP contribution < -0.4 is 16.0 Å². The standard InChI is InChI=1S/C38H48N8OS2/c1-2-33(22-25-6-3-8-29(20-25)27-12-16-39-17-13-27)41-37-45-43-35(48-37)31-10-5-11-32(24-31)36-44-46-38(49-36)42-34(47)23-26-7-4-9-30(21-26)28-14-18-40-19-15-28/h3-4,6-9,20-21,27-28,31-32,39-40H,2,5,10-19,22-24H2,1H3,(H,42,46,47). The minimum Gasteiger partial charge on any atom is -0.317 e. The number of piperidine rings is 2. The van der Waals surface area contributed by atoms with Crippen molar-refractivity contribution in [1.82, 2.24) is 31.0 Å². The second-order valence-corrected chi connectivity index (χ2v) is 15.9. The first-order valence-corrected chi connectivity index (χ1v) is 19.8. The number of rotatable bonds is 11. The highest BCUT2D eigenvalue weighted by Crippen LogP contribution is 2.44. The number of anilines is 1. The molecule has 9 nitrogen and oxygen atoms in total. The summed E-state index contributed by atoms with van der Waals surface area (Å²) < 4.78 is 0. The summed E-state index contributed by atoms with van der Waals surface area (Å²) in [5, 5.41) is 31.3. The molecule has 0 radical (unpaired) electrons. The summed E-state index contributed by atoms with van der Waals surface area (Å²) in [6.07, 6.45) is 11.0. The van der Waals surface area contributed by atoms with Gasteiger partial charge < -0.3 is 16.0 Å². The van der Waals surface area contributed by atoms with Crippen LogP contribution in [0.3, 0.4) is 0 Å². The number of nitrogens with zero attached hydrogens (tertiary/aromatic N) is 5. The average molecular weight is 697 g/mol. The van der Waals surface area contributed by atoms with Crippen LogP contribution in [0.1, 0.15) is 121 Å². The normalized spacial score (nSPS) is 21.1. The molecule has 0 bridgehead atoms. The number of aromatic nitrogens is 4. The molecule has 3 aliphatic rings. The van der Waals surface area contributed by atoms with Crippen LogP contribution in [0.25, 0.3) is 0 Å². The molecule has 258 valence electrons. The number of hydrogen-bond acceptors (Lipinski definition) is 10. The fourth-order valence-corrected chi connectivity index (χ4v) is 9.53. The predicted molar refractivity (Wildman–Crippen MR) is 200 cm³/mol. The number of amides is 1. The van der Waals surface area contributed by atoms with Gasteiger partial charge in [-0.05, 0) is 112 Å². The Morgan fingerprint density at radius 1 is 0.755 bits per heavy atom. The fraction of sp³-hybridized carbons (Fsp3) is 0.526. The lowest BCUT2D eigenvalue weighted by atomic mass is 9.82. The number of carbonyl (C=O) groups is 1. The molecule has 11 heteroatoms. The number of aliphatic imine (C=N–C) groups is 1. The maximum Gasteiger partial charge on any atom is 0.231 e. The lowest BCUT2D eigenvalue weighted by Crippen LogP contribution is -2.26. The summed E-state index contributed by atoms with van der Waals surface area (Å²) in [5.74, 6) is 1.81. The van der Waals surface area contributed by atoms with Crippen LogP contribution in [0.2, 0.25) is 0 Å². The summed E-state index contributed by atoms with van der Waals surface area (Å²) in [7, 11) is 0. The Labute approximate surface area is 297 Å². The Morgan fingerprint density at radius 2 is 1.35 bits per heavy atom. The van der Waals surface area contributed by atoms with Gasteiger partial charge in [-0.1, -0.05) is 84.5 Å². The summed E-state index contributed by atoms with van der Waals surface area (Å²) in [4.78, 5) is 18.0. The lowest BCUT2D eigenvalue weighted by molar-refractivity contribution is -0.115. The third-order valence-electron chi connectivity index (χ3n) is 10.4.